The van der Waals surface area contributed by atoms with Crippen molar-refractivity contribution in [3.05, 3.63) is 106 Å². The number of aryl methyl sites for hydroxylation is 1. The Morgan fingerprint density at radius 2 is 1.62 bits per heavy atom. The maximum atomic E-state index is 13.3. The minimum Gasteiger partial charge on any atom is -0.508 e. The number of benzene rings is 3. The number of amides is 2. The van der Waals surface area contributed by atoms with Gasteiger partial charge in [-0.3, -0.25) is 24.1 Å². The highest BCUT2D eigenvalue weighted by molar-refractivity contribution is 6.21. The molecule has 0 aliphatic heterocycles. The summed E-state index contributed by atoms with van der Waals surface area (Å²) in [6.45, 7) is 6.42. The van der Waals surface area contributed by atoms with E-state index in [1.165, 1.54) is 24.7 Å². The fourth-order valence-electron chi connectivity index (χ4n) is 4.15. The molecule has 1 unspecified atom stereocenters. The van der Waals surface area contributed by atoms with Gasteiger partial charge in [0, 0.05) is 41.6 Å². The number of aromatic hydroxyl groups is 1. The number of carbonyl (C=O) groups excluding carboxylic acids is 4. The summed E-state index contributed by atoms with van der Waals surface area (Å²) < 4.78 is 0. The Balaban J connectivity index is 0.000000428. The quantitative estimate of drug-likeness (QED) is 0.265. The van der Waals surface area contributed by atoms with Crippen LogP contribution < -0.4 is 10.6 Å². The molecule has 2 amide bonds. The molecule has 210 valence electrons. The standard InChI is InChI=1S/C22H23N3O4.C8H8O.C2H6/c1-23-12-24-21-16-8-3-4-9-17(16)22(29)20(21)18(11-19(28)25(2)13-26)14-6-5-7-15(27)10-14;1-7-2-4-8(6-9)5-3-7;1-2/h3-10,13,18,23-24,27H,11-12H2,1-2H3;2-6H,1H3;1-2H3. The second-order valence-electron chi connectivity index (χ2n) is 8.86. The molecule has 0 aromatic heterocycles. The Bertz CT molecular complexity index is 1350. The molecule has 3 aromatic carbocycles. The van der Waals surface area contributed by atoms with Gasteiger partial charge < -0.3 is 15.7 Å². The number of rotatable bonds is 9. The molecule has 0 saturated heterocycles. The zero-order chi connectivity index (χ0) is 29.7. The molecule has 1 aliphatic carbocycles. The van der Waals surface area contributed by atoms with Crippen molar-refractivity contribution in [1.29, 1.82) is 0 Å². The summed E-state index contributed by atoms with van der Waals surface area (Å²) in [5.41, 5.74) is 4.96. The van der Waals surface area contributed by atoms with E-state index in [-0.39, 0.29) is 18.0 Å². The lowest BCUT2D eigenvalue weighted by Gasteiger charge is -2.22. The Labute approximate surface area is 235 Å². The van der Waals surface area contributed by atoms with Gasteiger partial charge in [-0.2, -0.15) is 0 Å². The smallest absolute Gasteiger partial charge is 0.229 e. The highest BCUT2D eigenvalue weighted by atomic mass is 16.3. The molecule has 8 nitrogen and oxygen atoms in total. The molecular weight excluding hydrogens is 506 g/mol. The number of Topliss-reactive ketones (excluding diaryl/α,β-unsaturated/α-hetero) is 1. The van der Waals surface area contributed by atoms with Gasteiger partial charge in [-0.1, -0.05) is 80.1 Å². The number of allylic oxidation sites excluding steroid dienone is 1. The zero-order valence-corrected chi connectivity index (χ0v) is 23.6. The van der Waals surface area contributed by atoms with E-state index >= 15 is 0 Å². The lowest BCUT2D eigenvalue weighted by Crippen LogP contribution is -2.29. The molecule has 0 spiro atoms. The number of imide groups is 1. The minimum atomic E-state index is -0.628. The average Bonchev–Trinajstić information content (AvgIpc) is 3.26. The second-order valence-corrected chi connectivity index (χ2v) is 8.86. The van der Waals surface area contributed by atoms with E-state index in [2.05, 4.69) is 10.6 Å². The van der Waals surface area contributed by atoms with E-state index in [0.717, 1.165) is 22.3 Å². The maximum Gasteiger partial charge on any atom is 0.229 e. The Kier molecular flexibility index (Phi) is 12.5. The van der Waals surface area contributed by atoms with Crippen molar-refractivity contribution in [2.24, 2.45) is 0 Å². The van der Waals surface area contributed by atoms with Crippen molar-refractivity contribution < 1.29 is 24.3 Å². The van der Waals surface area contributed by atoms with E-state index in [4.69, 9.17) is 0 Å². The average molecular weight is 544 g/mol. The number of nitrogens with zero attached hydrogens (tertiary/aromatic N) is 1. The van der Waals surface area contributed by atoms with Crippen LogP contribution in [0.1, 0.15) is 63.6 Å². The zero-order valence-electron chi connectivity index (χ0n) is 23.6. The minimum absolute atomic E-state index is 0.0389. The molecule has 0 radical (unpaired) electrons. The van der Waals surface area contributed by atoms with Gasteiger partial charge in [-0.25, -0.2) is 0 Å². The van der Waals surface area contributed by atoms with E-state index < -0.39 is 11.8 Å². The van der Waals surface area contributed by atoms with Gasteiger partial charge >= 0.3 is 0 Å². The van der Waals surface area contributed by atoms with Crippen molar-refractivity contribution in [3.63, 3.8) is 0 Å². The third kappa shape index (κ3) is 7.97. The molecule has 1 atom stereocenters. The monoisotopic (exact) mass is 543 g/mol. The molecule has 1 aliphatic rings. The Morgan fingerprint density at radius 1 is 0.975 bits per heavy atom. The number of phenolic OH excluding ortho intramolecular Hbond substituents is 1. The molecule has 0 fully saturated rings. The molecule has 4 rings (SSSR count). The first-order valence-electron chi connectivity index (χ1n) is 13.1. The van der Waals surface area contributed by atoms with Crippen molar-refractivity contribution >= 4 is 30.1 Å². The van der Waals surface area contributed by atoms with Gasteiger partial charge in [-0.15, -0.1) is 0 Å². The fourth-order valence-corrected chi connectivity index (χ4v) is 4.15. The number of ketones is 1. The van der Waals surface area contributed by atoms with Crippen LogP contribution in [0.25, 0.3) is 5.70 Å². The van der Waals surface area contributed by atoms with Crippen LogP contribution in [0.15, 0.2) is 78.4 Å². The summed E-state index contributed by atoms with van der Waals surface area (Å²) in [6.07, 6.45) is 1.21. The SMILES string of the molecule is CC.CNCNC1=C(C(CC(=O)N(C)C=O)c2cccc(O)c2)C(=O)c2ccccc21.Cc1ccc(C=O)cc1. The predicted octanol–water partition coefficient (Wildman–Crippen LogP) is 4.69. The van der Waals surface area contributed by atoms with Crippen LogP contribution in [0.4, 0.5) is 0 Å². The Hall–Kier alpha value is -4.56. The first-order chi connectivity index (χ1) is 19.3. The number of hydrogen-bond donors (Lipinski definition) is 3. The number of nitrogens with one attached hydrogen (secondary N) is 2. The third-order valence-electron chi connectivity index (χ3n) is 6.16. The van der Waals surface area contributed by atoms with Crippen molar-refractivity contribution in [1.82, 2.24) is 15.5 Å². The molecule has 40 heavy (non-hydrogen) atoms. The summed E-state index contributed by atoms with van der Waals surface area (Å²) in [5, 5.41) is 16.2. The van der Waals surface area contributed by atoms with Gasteiger partial charge in [0.2, 0.25) is 12.3 Å². The van der Waals surface area contributed by atoms with Gasteiger partial charge in [0.25, 0.3) is 0 Å². The maximum absolute atomic E-state index is 13.3. The lowest BCUT2D eigenvalue weighted by atomic mass is 9.85. The van der Waals surface area contributed by atoms with E-state index in [9.17, 15) is 24.3 Å². The van der Waals surface area contributed by atoms with E-state index in [0.29, 0.717) is 35.5 Å². The van der Waals surface area contributed by atoms with E-state index in [1.54, 1.807) is 31.3 Å². The first kappa shape index (κ1) is 31.7. The second kappa shape index (κ2) is 15.8. The third-order valence-corrected chi connectivity index (χ3v) is 6.16. The van der Waals surface area contributed by atoms with Gasteiger partial charge in [0.1, 0.15) is 12.0 Å². The molecule has 8 heteroatoms. The summed E-state index contributed by atoms with van der Waals surface area (Å²) >= 11 is 0. The lowest BCUT2D eigenvalue weighted by molar-refractivity contribution is -0.136. The van der Waals surface area contributed by atoms with Crippen LogP contribution in [-0.4, -0.2) is 55.2 Å². The number of aldehydes is 1. The van der Waals surface area contributed by atoms with Crippen LogP contribution in [0.2, 0.25) is 0 Å². The van der Waals surface area contributed by atoms with Gasteiger partial charge in [0.05, 0.1) is 12.4 Å². The van der Waals surface area contributed by atoms with Crippen LogP contribution in [-0.2, 0) is 9.59 Å². The first-order valence-corrected chi connectivity index (χ1v) is 13.1. The number of phenols is 1. The number of carbonyl (C=O) groups is 4. The van der Waals surface area contributed by atoms with Crippen LogP contribution in [0, 0.1) is 6.92 Å². The summed E-state index contributed by atoms with van der Waals surface area (Å²) in [4.78, 5) is 48.0. The molecule has 3 aromatic rings. The van der Waals surface area contributed by atoms with Crippen LogP contribution >= 0.6 is 0 Å². The number of fused-ring (bicyclic) bond motifs is 1. The van der Waals surface area contributed by atoms with Crippen LogP contribution in [0.5, 0.6) is 5.75 Å². The number of hydrogen-bond acceptors (Lipinski definition) is 7. The molecule has 3 N–H and O–H groups in total. The topological polar surface area (TPSA) is 116 Å². The highest BCUT2D eigenvalue weighted by Crippen LogP contribution is 2.41. The molecular formula is C32H37N3O5. The van der Waals surface area contributed by atoms with Gasteiger partial charge in [-0.05, 0) is 31.7 Å². The summed E-state index contributed by atoms with van der Waals surface area (Å²) in [7, 11) is 3.17. The summed E-state index contributed by atoms with van der Waals surface area (Å²) in [6, 6.07) is 21.2. The molecule has 0 bridgehead atoms. The fraction of sp³-hybridized carbons (Fsp3) is 0.250. The van der Waals surface area contributed by atoms with E-state index in [1.807, 2.05) is 57.2 Å². The van der Waals surface area contributed by atoms with Crippen molar-refractivity contribution in [3.8, 4) is 5.75 Å². The van der Waals surface area contributed by atoms with Crippen molar-refractivity contribution in [2.45, 2.75) is 33.1 Å². The van der Waals surface area contributed by atoms with Gasteiger partial charge in [0.15, 0.2) is 5.78 Å². The summed E-state index contributed by atoms with van der Waals surface area (Å²) in [5.74, 6) is -1.18. The normalized spacial score (nSPS) is 12.2. The molecule has 0 saturated carbocycles. The molecule has 0 heterocycles. The Morgan fingerprint density at radius 3 is 2.20 bits per heavy atom. The highest BCUT2D eigenvalue weighted by Gasteiger charge is 2.36. The largest absolute Gasteiger partial charge is 0.508 e. The van der Waals surface area contributed by atoms with Crippen LogP contribution in [0.3, 0.4) is 0 Å². The predicted molar refractivity (Wildman–Crippen MR) is 157 cm³/mol. The van der Waals surface area contributed by atoms with Crippen molar-refractivity contribution in [2.75, 3.05) is 20.8 Å².